The van der Waals surface area contributed by atoms with Gasteiger partial charge in [-0.25, -0.2) is 0 Å². The monoisotopic (exact) mass is 275 g/mol. The van der Waals surface area contributed by atoms with Gasteiger partial charge in [-0.05, 0) is 24.3 Å². The Morgan fingerprint density at radius 1 is 1.05 bits per heavy atom. The van der Waals surface area contributed by atoms with E-state index in [9.17, 15) is 4.79 Å². The lowest BCUT2D eigenvalue weighted by Crippen LogP contribution is -1.97. The Morgan fingerprint density at radius 3 is 2.67 bits per heavy atom. The molecule has 2 aromatic carbocycles. The summed E-state index contributed by atoms with van der Waals surface area (Å²) in [5.41, 5.74) is 2.75. The van der Waals surface area contributed by atoms with Gasteiger partial charge in [0, 0.05) is 29.7 Å². The smallest absolute Gasteiger partial charge is 0.231 e. The molecule has 2 heterocycles. The Hall–Kier alpha value is -2.81. The van der Waals surface area contributed by atoms with Crippen LogP contribution in [0.25, 0.3) is 17.0 Å². The summed E-state index contributed by atoms with van der Waals surface area (Å²) in [5, 5.41) is 1.11. The molecule has 0 bridgehead atoms. The molecule has 0 unspecified atom stereocenters. The summed E-state index contributed by atoms with van der Waals surface area (Å²) in [4.78, 5) is 12.3. The molecule has 0 fully saturated rings. The average Bonchev–Trinajstić information content (AvgIpc) is 2.99. The largest absolute Gasteiger partial charge is 0.452 e. The second-order valence-corrected chi connectivity index (χ2v) is 5.15. The molecule has 21 heavy (non-hydrogen) atoms. The summed E-state index contributed by atoms with van der Waals surface area (Å²) in [7, 11) is 2.00. The van der Waals surface area contributed by atoms with Crippen LogP contribution in [0.5, 0.6) is 5.75 Å². The first-order chi connectivity index (χ1) is 10.2. The second-order valence-electron chi connectivity index (χ2n) is 5.15. The number of carbonyl (C=O) groups is 1. The zero-order chi connectivity index (χ0) is 14.4. The van der Waals surface area contributed by atoms with Gasteiger partial charge in [0.15, 0.2) is 5.76 Å². The fourth-order valence-electron chi connectivity index (χ4n) is 2.77. The summed E-state index contributed by atoms with van der Waals surface area (Å²) in [6.07, 6.45) is 3.84. The number of aryl methyl sites for hydroxylation is 1. The van der Waals surface area contributed by atoms with Crippen LogP contribution in [0.15, 0.2) is 60.5 Å². The molecule has 0 saturated heterocycles. The van der Waals surface area contributed by atoms with Crippen molar-refractivity contribution >= 4 is 22.8 Å². The van der Waals surface area contributed by atoms with Gasteiger partial charge in [0.2, 0.25) is 5.78 Å². The predicted octanol–water partition coefficient (Wildman–Crippen LogP) is 3.79. The third kappa shape index (κ3) is 1.78. The Bertz CT molecular complexity index is 902. The number of rotatable bonds is 1. The van der Waals surface area contributed by atoms with Gasteiger partial charge in [-0.3, -0.25) is 4.79 Å². The topological polar surface area (TPSA) is 31.2 Å². The van der Waals surface area contributed by atoms with Crippen LogP contribution in [0.3, 0.4) is 0 Å². The van der Waals surface area contributed by atoms with E-state index in [2.05, 4.69) is 6.07 Å². The SMILES string of the molecule is Cn1cc(/C=C2/Oc3ccccc3C2=O)c2ccccc21. The van der Waals surface area contributed by atoms with Gasteiger partial charge in [0.25, 0.3) is 0 Å². The van der Waals surface area contributed by atoms with E-state index >= 15 is 0 Å². The maximum atomic E-state index is 12.3. The van der Waals surface area contributed by atoms with E-state index in [1.807, 2.05) is 60.3 Å². The number of aromatic nitrogens is 1. The zero-order valence-corrected chi connectivity index (χ0v) is 11.5. The number of para-hydroxylation sites is 2. The number of Topliss-reactive ketones (excluding diaryl/α,β-unsaturated/α-hetero) is 1. The first-order valence-electron chi connectivity index (χ1n) is 6.81. The molecule has 1 aromatic heterocycles. The molecule has 1 aliphatic heterocycles. The highest BCUT2D eigenvalue weighted by Gasteiger charge is 2.26. The molecule has 3 heteroatoms. The molecular weight excluding hydrogens is 262 g/mol. The van der Waals surface area contributed by atoms with E-state index < -0.39 is 0 Å². The van der Waals surface area contributed by atoms with Crippen LogP contribution in [-0.2, 0) is 7.05 Å². The van der Waals surface area contributed by atoms with Crippen molar-refractivity contribution in [1.82, 2.24) is 4.57 Å². The summed E-state index contributed by atoms with van der Waals surface area (Å²) in [6.45, 7) is 0. The number of ketones is 1. The highest BCUT2D eigenvalue weighted by atomic mass is 16.5. The fourth-order valence-corrected chi connectivity index (χ4v) is 2.77. The minimum absolute atomic E-state index is 0.0569. The van der Waals surface area contributed by atoms with Crippen molar-refractivity contribution in [2.45, 2.75) is 0 Å². The highest BCUT2D eigenvalue weighted by Crippen LogP contribution is 2.32. The number of hydrogen-bond donors (Lipinski definition) is 0. The molecule has 3 nitrogen and oxygen atoms in total. The van der Waals surface area contributed by atoms with Crippen molar-refractivity contribution in [2.75, 3.05) is 0 Å². The molecule has 3 aromatic rings. The lowest BCUT2D eigenvalue weighted by molar-refractivity contribution is 0.101. The van der Waals surface area contributed by atoms with Crippen LogP contribution in [-0.4, -0.2) is 10.4 Å². The van der Waals surface area contributed by atoms with Gasteiger partial charge < -0.3 is 9.30 Å². The summed E-state index contributed by atoms with van der Waals surface area (Å²) in [6, 6.07) is 15.4. The second kappa shape index (κ2) is 4.35. The molecule has 0 spiro atoms. The van der Waals surface area contributed by atoms with E-state index in [-0.39, 0.29) is 5.78 Å². The van der Waals surface area contributed by atoms with Crippen LogP contribution in [0.2, 0.25) is 0 Å². The van der Waals surface area contributed by atoms with Crippen molar-refractivity contribution in [3.8, 4) is 5.75 Å². The van der Waals surface area contributed by atoms with Gasteiger partial charge in [0.1, 0.15) is 5.75 Å². The Kier molecular flexibility index (Phi) is 2.48. The van der Waals surface area contributed by atoms with E-state index in [0.29, 0.717) is 17.1 Å². The van der Waals surface area contributed by atoms with Crippen molar-refractivity contribution < 1.29 is 9.53 Å². The predicted molar refractivity (Wildman–Crippen MR) is 82.3 cm³/mol. The first-order valence-corrected chi connectivity index (χ1v) is 6.81. The standard InChI is InChI=1S/C18H13NO2/c1-19-11-12(13-6-2-4-8-15(13)19)10-17-18(20)14-7-3-5-9-16(14)21-17/h2-11H,1H3/b17-10+. The fraction of sp³-hybridized carbons (Fsp3) is 0.0556. The van der Waals surface area contributed by atoms with E-state index in [4.69, 9.17) is 4.74 Å². The van der Waals surface area contributed by atoms with Gasteiger partial charge in [-0.1, -0.05) is 30.3 Å². The molecule has 102 valence electrons. The van der Waals surface area contributed by atoms with Gasteiger partial charge in [0.05, 0.1) is 5.56 Å². The molecule has 0 atom stereocenters. The van der Waals surface area contributed by atoms with E-state index in [1.165, 1.54) is 0 Å². The third-order valence-electron chi connectivity index (χ3n) is 3.79. The normalized spacial score (nSPS) is 15.5. The van der Waals surface area contributed by atoms with Crippen LogP contribution in [0, 0.1) is 0 Å². The quantitative estimate of drug-likeness (QED) is 0.633. The average molecular weight is 275 g/mol. The molecule has 0 amide bonds. The number of benzene rings is 2. The summed E-state index contributed by atoms with van der Waals surface area (Å²) < 4.78 is 7.73. The number of allylic oxidation sites excluding steroid dienone is 1. The number of ether oxygens (including phenoxy) is 1. The van der Waals surface area contributed by atoms with Gasteiger partial charge >= 0.3 is 0 Å². The van der Waals surface area contributed by atoms with Crippen LogP contribution in [0.1, 0.15) is 15.9 Å². The number of nitrogens with zero attached hydrogens (tertiary/aromatic N) is 1. The molecule has 0 radical (unpaired) electrons. The Morgan fingerprint density at radius 2 is 1.81 bits per heavy atom. The van der Waals surface area contributed by atoms with Crippen LogP contribution in [0.4, 0.5) is 0 Å². The zero-order valence-electron chi connectivity index (χ0n) is 11.5. The van der Waals surface area contributed by atoms with E-state index in [0.717, 1.165) is 16.5 Å². The van der Waals surface area contributed by atoms with Crippen molar-refractivity contribution in [1.29, 1.82) is 0 Å². The maximum Gasteiger partial charge on any atom is 0.231 e. The van der Waals surface area contributed by atoms with Gasteiger partial charge in [-0.15, -0.1) is 0 Å². The number of fused-ring (bicyclic) bond motifs is 2. The first kappa shape index (κ1) is 12.0. The van der Waals surface area contributed by atoms with E-state index in [1.54, 1.807) is 6.07 Å². The molecule has 0 aliphatic carbocycles. The molecule has 0 saturated carbocycles. The lowest BCUT2D eigenvalue weighted by Gasteiger charge is -1.97. The van der Waals surface area contributed by atoms with Crippen molar-refractivity contribution in [3.63, 3.8) is 0 Å². The summed E-state index contributed by atoms with van der Waals surface area (Å²) >= 11 is 0. The van der Waals surface area contributed by atoms with Gasteiger partial charge in [-0.2, -0.15) is 0 Å². The molecular formula is C18H13NO2. The molecule has 1 aliphatic rings. The van der Waals surface area contributed by atoms with Crippen LogP contribution >= 0.6 is 0 Å². The summed E-state index contributed by atoms with van der Waals surface area (Å²) in [5.74, 6) is 0.958. The van der Waals surface area contributed by atoms with Crippen molar-refractivity contribution in [2.24, 2.45) is 7.05 Å². The maximum absolute atomic E-state index is 12.3. The minimum atomic E-state index is -0.0569. The Balaban J connectivity index is 1.84. The highest BCUT2D eigenvalue weighted by molar-refractivity contribution is 6.15. The van der Waals surface area contributed by atoms with Crippen LogP contribution < -0.4 is 4.74 Å². The Labute approximate surface area is 122 Å². The third-order valence-corrected chi connectivity index (χ3v) is 3.79. The number of hydrogen-bond acceptors (Lipinski definition) is 2. The number of carbonyl (C=O) groups excluding carboxylic acids is 1. The molecule has 4 rings (SSSR count). The lowest BCUT2D eigenvalue weighted by atomic mass is 10.1. The molecule has 0 N–H and O–H groups in total. The van der Waals surface area contributed by atoms with Crippen molar-refractivity contribution in [3.05, 3.63) is 71.6 Å². The minimum Gasteiger partial charge on any atom is -0.452 e.